The summed E-state index contributed by atoms with van der Waals surface area (Å²) in [5.74, 6) is 0.428. The molecular formula is C23H25N3O2. The average Bonchev–Trinajstić information content (AvgIpc) is 3.16. The number of ether oxygens (including phenoxy) is 1. The highest BCUT2D eigenvalue weighted by Gasteiger charge is 2.24. The van der Waals surface area contributed by atoms with Gasteiger partial charge in [-0.25, -0.2) is 0 Å². The molecule has 5 nitrogen and oxygen atoms in total. The van der Waals surface area contributed by atoms with Crippen molar-refractivity contribution in [3.63, 3.8) is 0 Å². The van der Waals surface area contributed by atoms with Gasteiger partial charge in [-0.2, -0.15) is 0 Å². The normalized spacial score (nSPS) is 14.1. The van der Waals surface area contributed by atoms with E-state index < -0.39 is 0 Å². The van der Waals surface area contributed by atoms with E-state index in [1.165, 1.54) is 6.42 Å². The molecule has 0 N–H and O–H groups in total. The zero-order valence-corrected chi connectivity index (χ0v) is 16.0. The van der Waals surface area contributed by atoms with E-state index in [1.54, 1.807) is 4.68 Å². The summed E-state index contributed by atoms with van der Waals surface area (Å²) >= 11 is 0. The molecule has 1 aliphatic heterocycles. The summed E-state index contributed by atoms with van der Waals surface area (Å²) < 4.78 is 7.77. The lowest BCUT2D eigenvalue weighted by atomic mass is 10.1. The van der Waals surface area contributed by atoms with Crippen LogP contribution in [0.25, 0.3) is 0 Å². The Labute approximate surface area is 165 Å². The third-order valence-corrected chi connectivity index (χ3v) is 5.01. The van der Waals surface area contributed by atoms with Gasteiger partial charge in [-0.3, -0.25) is 9.48 Å². The maximum atomic E-state index is 13.1. The summed E-state index contributed by atoms with van der Waals surface area (Å²) in [5.41, 5.74) is 2.74. The third kappa shape index (κ3) is 4.42. The maximum Gasteiger partial charge on any atom is 0.260 e. The van der Waals surface area contributed by atoms with Gasteiger partial charge in [0, 0.05) is 19.3 Å². The van der Waals surface area contributed by atoms with E-state index in [-0.39, 0.29) is 5.91 Å². The Morgan fingerprint density at radius 1 is 0.893 bits per heavy atom. The second kappa shape index (κ2) is 8.74. The van der Waals surface area contributed by atoms with Crippen LogP contribution in [0.2, 0.25) is 0 Å². The van der Waals surface area contributed by atoms with Crippen LogP contribution in [0.1, 0.15) is 40.7 Å². The topological polar surface area (TPSA) is 47.4 Å². The first-order valence-corrected chi connectivity index (χ1v) is 9.87. The second-order valence-corrected chi connectivity index (χ2v) is 7.16. The molecule has 1 aromatic heterocycles. The molecule has 2 aromatic carbocycles. The summed E-state index contributed by atoms with van der Waals surface area (Å²) in [6, 6.07) is 20.1. The van der Waals surface area contributed by atoms with E-state index in [0.717, 1.165) is 37.1 Å². The lowest BCUT2D eigenvalue weighted by Gasteiger charge is -2.26. The van der Waals surface area contributed by atoms with Crippen LogP contribution in [-0.2, 0) is 13.2 Å². The summed E-state index contributed by atoms with van der Waals surface area (Å²) in [6.45, 7) is 2.61. The summed E-state index contributed by atoms with van der Waals surface area (Å²) in [5, 5.41) is 4.58. The molecule has 0 unspecified atom stereocenters. The largest absolute Gasteiger partial charge is 0.471 e. The van der Waals surface area contributed by atoms with Crippen LogP contribution in [0, 0.1) is 0 Å². The van der Waals surface area contributed by atoms with E-state index in [9.17, 15) is 4.79 Å². The first kappa shape index (κ1) is 18.3. The van der Waals surface area contributed by atoms with Crippen molar-refractivity contribution >= 4 is 5.91 Å². The predicted octanol–water partition coefficient (Wildman–Crippen LogP) is 4.14. The van der Waals surface area contributed by atoms with E-state index >= 15 is 0 Å². The van der Waals surface area contributed by atoms with Crippen LogP contribution >= 0.6 is 0 Å². The van der Waals surface area contributed by atoms with Gasteiger partial charge in [-0.15, -0.1) is 5.10 Å². The van der Waals surface area contributed by atoms with Crippen LogP contribution in [0.5, 0.6) is 5.88 Å². The minimum absolute atomic E-state index is 0.0158. The maximum absolute atomic E-state index is 13.1. The number of hydrogen-bond donors (Lipinski definition) is 0. The highest BCUT2D eigenvalue weighted by molar-refractivity contribution is 5.96. The van der Waals surface area contributed by atoms with Crippen molar-refractivity contribution in [3.05, 3.63) is 83.6 Å². The Morgan fingerprint density at radius 2 is 1.54 bits per heavy atom. The minimum atomic E-state index is 0.0158. The Bertz CT molecular complexity index is 900. The lowest BCUT2D eigenvalue weighted by molar-refractivity contribution is 0.0719. The van der Waals surface area contributed by atoms with E-state index in [0.29, 0.717) is 24.6 Å². The first-order chi connectivity index (χ1) is 13.8. The molecular weight excluding hydrogens is 350 g/mol. The van der Waals surface area contributed by atoms with Gasteiger partial charge in [0.25, 0.3) is 5.91 Å². The van der Waals surface area contributed by atoms with Crippen LogP contribution < -0.4 is 4.74 Å². The van der Waals surface area contributed by atoms with Gasteiger partial charge in [-0.1, -0.05) is 60.7 Å². The molecule has 0 bridgehead atoms. The smallest absolute Gasteiger partial charge is 0.260 e. The lowest BCUT2D eigenvalue weighted by Crippen LogP contribution is -2.35. The van der Waals surface area contributed by atoms with Crippen LogP contribution in [0.3, 0.4) is 0 Å². The van der Waals surface area contributed by atoms with Crippen molar-refractivity contribution in [2.24, 2.45) is 0 Å². The fourth-order valence-electron chi connectivity index (χ4n) is 3.50. The van der Waals surface area contributed by atoms with Crippen molar-refractivity contribution < 1.29 is 9.53 Å². The highest BCUT2D eigenvalue weighted by Crippen LogP contribution is 2.22. The molecule has 0 atom stereocenters. The Hall–Kier alpha value is -3.08. The van der Waals surface area contributed by atoms with Crippen molar-refractivity contribution in [2.45, 2.75) is 32.4 Å². The summed E-state index contributed by atoms with van der Waals surface area (Å²) in [4.78, 5) is 15.0. The Kier molecular flexibility index (Phi) is 5.71. The van der Waals surface area contributed by atoms with E-state index in [4.69, 9.17) is 4.74 Å². The van der Waals surface area contributed by atoms with Gasteiger partial charge in [0.15, 0.2) is 0 Å². The molecule has 0 spiro atoms. The first-order valence-electron chi connectivity index (χ1n) is 9.87. The Balaban J connectivity index is 1.56. The van der Waals surface area contributed by atoms with Crippen LogP contribution in [0.15, 0.2) is 66.9 Å². The zero-order valence-electron chi connectivity index (χ0n) is 16.0. The van der Waals surface area contributed by atoms with Crippen molar-refractivity contribution in [1.29, 1.82) is 0 Å². The van der Waals surface area contributed by atoms with E-state index in [1.807, 2.05) is 59.6 Å². The number of aromatic nitrogens is 2. The van der Waals surface area contributed by atoms with Gasteiger partial charge in [0.05, 0.1) is 6.54 Å². The fourth-order valence-corrected chi connectivity index (χ4v) is 3.50. The van der Waals surface area contributed by atoms with Crippen molar-refractivity contribution in [2.75, 3.05) is 13.1 Å². The molecule has 0 aliphatic carbocycles. The number of amides is 1. The minimum Gasteiger partial charge on any atom is -0.471 e. The summed E-state index contributed by atoms with van der Waals surface area (Å²) in [7, 11) is 0. The number of rotatable bonds is 6. The number of piperidine rings is 1. The Morgan fingerprint density at radius 3 is 2.21 bits per heavy atom. The zero-order chi connectivity index (χ0) is 19.2. The van der Waals surface area contributed by atoms with Crippen LogP contribution in [0.4, 0.5) is 0 Å². The van der Waals surface area contributed by atoms with Gasteiger partial charge >= 0.3 is 0 Å². The molecule has 1 amide bonds. The molecule has 28 heavy (non-hydrogen) atoms. The van der Waals surface area contributed by atoms with Crippen molar-refractivity contribution in [3.8, 4) is 5.88 Å². The highest BCUT2D eigenvalue weighted by atomic mass is 16.5. The molecule has 3 aromatic rings. The third-order valence-electron chi connectivity index (χ3n) is 5.01. The number of likely N-dealkylation sites (tertiary alicyclic amines) is 1. The molecule has 2 heterocycles. The predicted molar refractivity (Wildman–Crippen MR) is 108 cm³/mol. The molecule has 144 valence electrons. The van der Waals surface area contributed by atoms with Crippen molar-refractivity contribution in [1.82, 2.24) is 14.7 Å². The van der Waals surface area contributed by atoms with Gasteiger partial charge < -0.3 is 9.64 Å². The fraction of sp³-hybridized carbons (Fsp3) is 0.304. The SMILES string of the molecule is O=C(c1cn(Cc2ccccc2)nc1OCc1ccccc1)N1CCCCC1. The van der Waals surface area contributed by atoms with Gasteiger partial charge in [0.2, 0.25) is 5.88 Å². The second-order valence-electron chi connectivity index (χ2n) is 7.16. The molecule has 5 heteroatoms. The standard InChI is InChI=1S/C23H25N3O2/c27-23(25-14-8-3-9-15-25)21-17-26(16-19-10-4-1-5-11-19)24-22(21)28-18-20-12-6-2-7-13-20/h1-2,4-7,10-13,17H,3,8-9,14-16,18H2. The molecule has 1 aliphatic rings. The van der Waals surface area contributed by atoms with Gasteiger partial charge in [-0.05, 0) is 30.4 Å². The number of nitrogens with zero attached hydrogens (tertiary/aromatic N) is 3. The monoisotopic (exact) mass is 375 g/mol. The van der Waals surface area contributed by atoms with Gasteiger partial charge in [0.1, 0.15) is 12.2 Å². The number of carbonyl (C=O) groups is 1. The summed E-state index contributed by atoms with van der Waals surface area (Å²) in [6.07, 6.45) is 5.13. The number of benzene rings is 2. The molecule has 0 saturated carbocycles. The quantitative estimate of drug-likeness (QED) is 0.651. The molecule has 1 saturated heterocycles. The molecule has 1 fully saturated rings. The number of carbonyl (C=O) groups excluding carboxylic acids is 1. The van der Waals surface area contributed by atoms with Crippen LogP contribution in [-0.4, -0.2) is 33.7 Å². The average molecular weight is 375 g/mol. The molecule has 0 radical (unpaired) electrons. The van der Waals surface area contributed by atoms with E-state index in [2.05, 4.69) is 17.2 Å². The molecule has 4 rings (SSSR count). The number of hydrogen-bond acceptors (Lipinski definition) is 3.